The van der Waals surface area contributed by atoms with Crippen LogP contribution in [0.3, 0.4) is 0 Å². The molecule has 1 unspecified atom stereocenters. The summed E-state index contributed by atoms with van der Waals surface area (Å²) in [6, 6.07) is 19.6. The number of benzene rings is 2. The molecule has 25 heavy (non-hydrogen) atoms. The van der Waals surface area contributed by atoms with E-state index in [-0.39, 0.29) is 16.5 Å². The summed E-state index contributed by atoms with van der Waals surface area (Å²) in [6.07, 6.45) is 0. The van der Waals surface area contributed by atoms with E-state index in [0.717, 1.165) is 5.71 Å². The lowest BCUT2D eigenvalue weighted by Crippen LogP contribution is -2.62. The molecule has 0 radical (unpaired) electrons. The van der Waals surface area contributed by atoms with Gasteiger partial charge in [-0.05, 0) is 37.8 Å². The number of hydrogen-bond acceptors (Lipinski definition) is 2. The van der Waals surface area contributed by atoms with Gasteiger partial charge in [-0.2, -0.15) is 0 Å². The average molecular weight is 335 g/mol. The lowest BCUT2D eigenvalue weighted by atomic mass is 9.65. The van der Waals surface area contributed by atoms with Crippen LogP contribution in [-0.4, -0.2) is 18.3 Å². The molecule has 0 saturated heterocycles. The van der Waals surface area contributed by atoms with E-state index in [4.69, 9.17) is 4.99 Å². The van der Waals surface area contributed by atoms with Gasteiger partial charge in [0.05, 0.1) is 5.71 Å². The van der Waals surface area contributed by atoms with Gasteiger partial charge >= 0.3 is 0 Å². The number of para-hydroxylation sites is 1. The van der Waals surface area contributed by atoms with E-state index in [0.29, 0.717) is 0 Å². The first kappa shape index (κ1) is 17.7. The maximum absolute atomic E-state index is 4.86. The Morgan fingerprint density at radius 2 is 1.36 bits per heavy atom. The number of fused-ring (bicyclic) bond motifs is 1. The van der Waals surface area contributed by atoms with E-state index in [2.05, 4.69) is 101 Å². The predicted molar refractivity (Wildman–Crippen MR) is 109 cm³/mol. The van der Waals surface area contributed by atoms with Crippen LogP contribution in [0.4, 0.5) is 5.69 Å². The first-order valence-electron chi connectivity index (χ1n) is 9.08. The molecular weight excluding hydrogens is 304 g/mol. The Balaban J connectivity index is 2.48. The van der Waals surface area contributed by atoms with Gasteiger partial charge in [-0.3, -0.25) is 4.99 Å². The van der Waals surface area contributed by atoms with Crippen molar-refractivity contribution < 1.29 is 0 Å². The quantitative estimate of drug-likeness (QED) is 0.656. The van der Waals surface area contributed by atoms with Crippen molar-refractivity contribution in [3.05, 3.63) is 65.7 Å². The molecule has 2 aromatic carbocycles. The van der Waals surface area contributed by atoms with Crippen LogP contribution in [0.5, 0.6) is 0 Å². The first-order valence-corrected chi connectivity index (χ1v) is 9.08. The highest BCUT2D eigenvalue weighted by Gasteiger charge is 2.59. The second-order valence-corrected chi connectivity index (χ2v) is 8.92. The highest BCUT2D eigenvalue weighted by Crippen LogP contribution is 2.56. The molecule has 0 saturated carbocycles. The Hall–Kier alpha value is -2.09. The van der Waals surface area contributed by atoms with Crippen LogP contribution in [0.1, 0.15) is 52.7 Å². The summed E-state index contributed by atoms with van der Waals surface area (Å²) >= 11 is 0. The van der Waals surface area contributed by atoms with Crippen LogP contribution in [-0.2, 0) is 5.54 Å². The summed E-state index contributed by atoms with van der Waals surface area (Å²) in [5.41, 5.74) is 4.57. The van der Waals surface area contributed by atoms with E-state index >= 15 is 0 Å². The second kappa shape index (κ2) is 5.72. The number of aliphatic imine (C=N–C) groups is 1. The van der Waals surface area contributed by atoms with Gasteiger partial charge in [0.25, 0.3) is 0 Å². The maximum Gasteiger partial charge on any atom is 0.113 e. The molecule has 0 bridgehead atoms. The standard InChI is InChI=1S/C23H30N2/c1-21(2,3)23(17-13-9-8-10-14-17)20(24-7)18-15-11-12-16-19(18)25(23)22(4,5)6/h8-16H,1-7H3/b24-20-. The Morgan fingerprint density at radius 1 is 0.800 bits per heavy atom. The Labute approximate surface area is 152 Å². The van der Waals surface area contributed by atoms with E-state index < -0.39 is 0 Å². The van der Waals surface area contributed by atoms with Crippen molar-refractivity contribution in [3.63, 3.8) is 0 Å². The van der Waals surface area contributed by atoms with Crippen LogP contribution < -0.4 is 4.90 Å². The summed E-state index contributed by atoms with van der Waals surface area (Å²) in [4.78, 5) is 7.45. The minimum absolute atomic E-state index is 0.0461. The topological polar surface area (TPSA) is 15.6 Å². The van der Waals surface area contributed by atoms with Crippen molar-refractivity contribution in [2.45, 2.75) is 52.6 Å². The van der Waals surface area contributed by atoms with Crippen LogP contribution in [0.25, 0.3) is 0 Å². The molecule has 1 heterocycles. The Kier molecular flexibility index (Phi) is 4.06. The molecule has 132 valence electrons. The molecule has 3 rings (SSSR count). The zero-order valence-corrected chi connectivity index (χ0v) is 16.6. The summed E-state index contributed by atoms with van der Waals surface area (Å²) in [5, 5.41) is 0. The number of anilines is 1. The number of hydrogen-bond donors (Lipinski definition) is 0. The number of nitrogens with zero attached hydrogens (tertiary/aromatic N) is 2. The van der Waals surface area contributed by atoms with Crippen LogP contribution in [0.15, 0.2) is 59.6 Å². The minimum atomic E-state index is -0.315. The first-order chi connectivity index (χ1) is 11.7. The summed E-state index contributed by atoms with van der Waals surface area (Å²) in [5.74, 6) is 0. The van der Waals surface area contributed by atoms with Crippen molar-refractivity contribution in [2.24, 2.45) is 10.4 Å². The Bertz CT molecular complexity index is 791. The molecular formula is C23H30N2. The second-order valence-electron chi connectivity index (χ2n) is 8.92. The number of rotatable bonds is 1. The van der Waals surface area contributed by atoms with Gasteiger partial charge in [0.1, 0.15) is 5.54 Å². The van der Waals surface area contributed by atoms with Crippen molar-refractivity contribution in [2.75, 3.05) is 11.9 Å². The summed E-state index contributed by atoms with van der Waals surface area (Å²) in [6.45, 7) is 13.9. The van der Waals surface area contributed by atoms with Crippen molar-refractivity contribution >= 4 is 11.4 Å². The van der Waals surface area contributed by atoms with Gasteiger partial charge in [0, 0.05) is 23.8 Å². The van der Waals surface area contributed by atoms with Crippen LogP contribution >= 0.6 is 0 Å². The van der Waals surface area contributed by atoms with Gasteiger partial charge in [-0.1, -0.05) is 69.3 Å². The van der Waals surface area contributed by atoms with Crippen LogP contribution in [0, 0.1) is 5.41 Å². The smallest absolute Gasteiger partial charge is 0.113 e. The fourth-order valence-corrected chi connectivity index (χ4v) is 4.57. The highest BCUT2D eigenvalue weighted by atomic mass is 15.3. The fraction of sp³-hybridized carbons (Fsp3) is 0.435. The van der Waals surface area contributed by atoms with E-state index in [9.17, 15) is 0 Å². The largest absolute Gasteiger partial charge is 0.350 e. The maximum atomic E-state index is 4.86. The molecule has 1 atom stereocenters. The average Bonchev–Trinajstić information content (AvgIpc) is 2.86. The molecule has 0 fully saturated rings. The van der Waals surface area contributed by atoms with Crippen molar-refractivity contribution in [1.82, 2.24) is 0 Å². The van der Waals surface area contributed by atoms with Crippen molar-refractivity contribution in [3.8, 4) is 0 Å². The molecule has 0 aromatic heterocycles. The van der Waals surface area contributed by atoms with E-state index in [1.165, 1.54) is 16.8 Å². The van der Waals surface area contributed by atoms with Gasteiger partial charge in [0.15, 0.2) is 0 Å². The lowest BCUT2D eigenvalue weighted by Gasteiger charge is -2.55. The highest BCUT2D eigenvalue weighted by molar-refractivity contribution is 6.18. The molecule has 1 aliphatic rings. The molecule has 0 N–H and O–H groups in total. The minimum Gasteiger partial charge on any atom is -0.350 e. The third-order valence-corrected chi connectivity index (χ3v) is 5.25. The molecule has 2 heteroatoms. The van der Waals surface area contributed by atoms with Crippen molar-refractivity contribution in [1.29, 1.82) is 0 Å². The monoisotopic (exact) mass is 334 g/mol. The third-order valence-electron chi connectivity index (χ3n) is 5.25. The van der Waals surface area contributed by atoms with Gasteiger partial charge in [0.2, 0.25) is 0 Å². The predicted octanol–water partition coefficient (Wildman–Crippen LogP) is 5.67. The molecule has 0 amide bonds. The molecule has 0 spiro atoms. The zero-order valence-electron chi connectivity index (χ0n) is 16.6. The molecule has 2 aromatic rings. The zero-order chi connectivity index (χ0) is 18.5. The third kappa shape index (κ3) is 2.42. The van der Waals surface area contributed by atoms with Gasteiger partial charge in [-0.15, -0.1) is 0 Å². The summed E-state index contributed by atoms with van der Waals surface area (Å²) < 4.78 is 0. The fourth-order valence-electron chi connectivity index (χ4n) is 4.57. The molecule has 1 aliphatic heterocycles. The van der Waals surface area contributed by atoms with Crippen LogP contribution in [0.2, 0.25) is 0 Å². The van der Waals surface area contributed by atoms with Gasteiger partial charge < -0.3 is 4.90 Å². The normalized spacial score (nSPS) is 22.4. The lowest BCUT2D eigenvalue weighted by molar-refractivity contribution is 0.220. The van der Waals surface area contributed by atoms with E-state index in [1.54, 1.807) is 0 Å². The van der Waals surface area contributed by atoms with Gasteiger partial charge in [-0.25, -0.2) is 0 Å². The molecule has 0 aliphatic carbocycles. The molecule has 2 nitrogen and oxygen atoms in total. The SMILES string of the molecule is C/N=C1/c2ccccc2N(C(C)(C)C)C1(c1ccccc1)C(C)(C)C. The Morgan fingerprint density at radius 3 is 1.88 bits per heavy atom. The summed E-state index contributed by atoms with van der Waals surface area (Å²) in [7, 11) is 1.93. The van der Waals surface area contributed by atoms with E-state index in [1.807, 2.05) is 7.05 Å².